The van der Waals surface area contributed by atoms with Crippen LogP contribution in [0, 0.1) is 0 Å². The second-order valence-electron chi connectivity index (χ2n) is 7.44. The molecule has 2 aromatic heterocycles. The van der Waals surface area contributed by atoms with Crippen LogP contribution in [0.4, 0.5) is 4.79 Å². The lowest BCUT2D eigenvalue weighted by Gasteiger charge is -2.11. The van der Waals surface area contributed by atoms with Gasteiger partial charge in [-0.3, -0.25) is 10.1 Å². The maximum atomic E-state index is 12.8. The molecule has 0 radical (unpaired) electrons. The van der Waals surface area contributed by atoms with Crippen molar-refractivity contribution >= 4 is 29.3 Å². The van der Waals surface area contributed by atoms with Gasteiger partial charge < -0.3 is 14.6 Å². The fourth-order valence-electron chi connectivity index (χ4n) is 2.96. The van der Waals surface area contributed by atoms with Gasteiger partial charge >= 0.3 is 11.7 Å². The number of ketones is 1. The number of nitrogens with zero attached hydrogens (tertiary/aromatic N) is 1. The molecule has 0 aliphatic rings. The summed E-state index contributed by atoms with van der Waals surface area (Å²) in [5, 5.41) is 22.0. The number of aromatic nitrogens is 1. The van der Waals surface area contributed by atoms with Gasteiger partial charge in [-0.05, 0) is 44.3 Å². The summed E-state index contributed by atoms with van der Waals surface area (Å²) in [7, 11) is 0. The van der Waals surface area contributed by atoms with Gasteiger partial charge in [-0.1, -0.05) is 26.3 Å². The Labute approximate surface area is 190 Å². The molecule has 2 heterocycles. The van der Waals surface area contributed by atoms with Crippen LogP contribution in [0.25, 0.3) is 6.08 Å². The number of aromatic hydroxyl groups is 1. The van der Waals surface area contributed by atoms with Crippen LogP contribution in [0.1, 0.15) is 78.4 Å². The zero-order chi connectivity index (χ0) is 23.7. The van der Waals surface area contributed by atoms with E-state index in [1.807, 2.05) is 6.92 Å². The average Bonchev–Trinajstić information content (AvgIpc) is 3.18. The van der Waals surface area contributed by atoms with Crippen molar-refractivity contribution in [3.8, 4) is 5.75 Å². The minimum atomic E-state index is -1.15. The Hall–Kier alpha value is -3.20. The number of aryl methyl sites for hydroxylation is 1. The number of allylic oxidation sites excluding steroid dienone is 2. The first kappa shape index (κ1) is 25.1. The van der Waals surface area contributed by atoms with Gasteiger partial charge in [-0.25, -0.2) is 14.6 Å². The molecule has 0 saturated carbocycles. The number of carboxylic acid groups (broad SMARTS) is 1. The van der Waals surface area contributed by atoms with Crippen molar-refractivity contribution in [2.24, 2.45) is 0 Å². The van der Waals surface area contributed by atoms with Crippen LogP contribution in [-0.2, 0) is 6.42 Å². The smallest absolute Gasteiger partial charge is 0.408 e. The first-order chi connectivity index (χ1) is 15.2. The number of thiazole rings is 1. The van der Waals surface area contributed by atoms with E-state index in [9.17, 15) is 19.5 Å². The lowest BCUT2D eigenvalue weighted by atomic mass is 10.00. The Morgan fingerprint density at radius 2 is 2.12 bits per heavy atom. The van der Waals surface area contributed by atoms with E-state index in [0.29, 0.717) is 18.4 Å². The number of rotatable bonds is 11. The Morgan fingerprint density at radius 1 is 1.38 bits per heavy atom. The largest absolute Gasteiger partial charge is 0.507 e. The van der Waals surface area contributed by atoms with Crippen LogP contribution in [0.3, 0.4) is 0 Å². The van der Waals surface area contributed by atoms with Crippen molar-refractivity contribution in [1.29, 1.82) is 0 Å². The molecule has 9 heteroatoms. The fourth-order valence-corrected chi connectivity index (χ4v) is 3.93. The third-order valence-electron chi connectivity index (χ3n) is 4.79. The zero-order valence-corrected chi connectivity index (χ0v) is 19.2. The highest BCUT2D eigenvalue weighted by molar-refractivity contribution is 7.12. The van der Waals surface area contributed by atoms with E-state index in [0.717, 1.165) is 29.1 Å². The highest BCUT2D eigenvalue weighted by Gasteiger charge is 2.22. The van der Waals surface area contributed by atoms with E-state index in [2.05, 4.69) is 17.2 Å². The maximum absolute atomic E-state index is 12.8. The average molecular weight is 461 g/mol. The Morgan fingerprint density at radius 3 is 2.78 bits per heavy atom. The number of unbranched alkanes of at least 4 members (excludes halogenated alkanes) is 1. The molecule has 3 N–H and O–H groups in total. The lowest BCUT2D eigenvalue weighted by molar-refractivity contribution is 0.102. The summed E-state index contributed by atoms with van der Waals surface area (Å²) in [6, 6.07) is 1.29. The fraction of sp³-hybridized carbons (Fsp3) is 0.391. The minimum Gasteiger partial charge on any atom is -0.507 e. The third kappa shape index (κ3) is 7.19. The van der Waals surface area contributed by atoms with E-state index in [-0.39, 0.29) is 11.7 Å². The first-order valence-electron chi connectivity index (χ1n) is 10.4. The van der Waals surface area contributed by atoms with Crippen LogP contribution >= 0.6 is 11.3 Å². The summed E-state index contributed by atoms with van der Waals surface area (Å²) in [6.07, 6.45) is 9.25. The minimum absolute atomic E-state index is 0.220. The molecule has 0 spiro atoms. The molecule has 2 rings (SSSR count). The maximum Gasteiger partial charge on any atom is 0.408 e. The normalized spacial score (nSPS) is 12.8. The van der Waals surface area contributed by atoms with Crippen LogP contribution in [-0.4, -0.2) is 27.1 Å². The van der Waals surface area contributed by atoms with E-state index in [1.54, 1.807) is 25.3 Å². The molecule has 172 valence electrons. The SMILES string of the molecule is CCCCc1ncc(C=C(C)C(=O)c2c(O)cc(C(C)CCC=CNC(=O)O)oc2=O)s1. The van der Waals surface area contributed by atoms with Gasteiger partial charge in [-0.2, -0.15) is 0 Å². The van der Waals surface area contributed by atoms with Crippen molar-refractivity contribution in [3.05, 3.63) is 61.7 Å². The monoisotopic (exact) mass is 460 g/mol. The third-order valence-corrected chi connectivity index (χ3v) is 5.79. The molecule has 8 nitrogen and oxygen atoms in total. The molecular weight excluding hydrogens is 432 g/mol. The van der Waals surface area contributed by atoms with E-state index in [1.165, 1.54) is 23.6 Å². The van der Waals surface area contributed by atoms with Gasteiger partial charge in [0.2, 0.25) is 0 Å². The molecule has 0 saturated heterocycles. The van der Waals surface area contributed by atoms with Gasteiger partial charge in [0, 0.05) is 29.3 Å². The lowest BCUT2D eigenvalue weighted by Crippen LogP contribution is -2.16. The molecule has 1 amide bonds. The van der Waals surface area contributed by atoms with Gasteiger partial charge in [-0.15, -0.1) is 11.3 Å². The highest BCUT2D eigenvalue weighted by Crippen LogP contribution is 2.26. The zero-order valence-electron chi connectivity index (χ0n) is 18.4. The Balaban J connectivity index is 2.12. The molecule has 32 heavy (non-hydrogen) atoms. The summed E-state index contributed by atoms with van der Waals surface area (Å²) in [5.74, 6) is -0.977. The van der Waals surface area contributed by atoms with E-state index >= 15 is 0 Å². The number of nitrogens with one attached hydrogen (secondary N) is 1. The van der Waals surface area contributed by atoms with Gasteiger partial charge in [0.25, 0.3) is 0 Å². The molecule has 1 atom stereocenters. The van der Waals surface area contributed by atoms with Gasteiger partial charge in [0.05, 0.1) is 5.01 Å². The quantitative estimate of drug-likeness (QED) is 0.314. The number of Topliss-reactive ketones (excluding diaryl/α,β-unsaturated/α-hetero) is 1. The molecule has 2 aromatic rings. The second kappa shape index (κ2) is 12.0. The number of hydrogen-bond donors (Lipinski definition) is 3. The number of hydrogen-bond acceptors (Lipinski definition) is 7. The summed E-state index contributed by atoms with van der Waals surface area (Å²) in [6.45, 7) is 5.50. The standard InChI is InChI=1S/C23H28N2O6S/c1-4-5-9-19-25-13-16(32-19)11-15(3)21(27)20-17(26)12-18(31-22(20)28)14(2)8-6-7-10-24-23(29)30/h7,10-14,24,26H,4-6,8-9H2,1-3H3,(H,29,30). The van der Waals surface area contributed by atoms with Crippen LogP contribution < -0.4 is 10.9 Å². The van der Waals surface area contributed by atoms with E-state index < -0.39 is 28.8 Å². The highest BCUT2D eigenvalue weighted by atomic mass is 32.1. The van der Waals surface area contributed by atoms with Crippen LogP contribution in [0.15, 0.2) is 39.3 Å². The van der Waals surface area contributed by atoms with Crippen molar-refractivity contribution in [2.45, 2.75) is 58.8 Å². The van der Waals surface area contributed by atoms with Crippen LogP contribution in [0.5, 0.6) is 5.75 Å². The Kier molecular flexibility index (Phi) is 9.39. The molecule has 0 fully saturated rings. The molecule has 0 aromatic carbocycles. The van der Waals surface area contributed by atoms with Gasteiger partial charge in [0.1, 0.15) is 17.1 Å². The predicted octanol–water partition coefficient (Wildman–Crippen LogP) is 5.10. The molecule has 0 aliphatic carbocycles. The van der Waals surface area contributed by atoms with Crippen molar-refractivity contribution in [1.82, 2.24) is 10.3 Å². The summed E-state index contributed by atoms with van der Waals surface area (Å²) >= 11 is 1.49. The Bertz CT molecular complexity index is 1070. The topological polar surface area (TPSA) is 130 Å². The first-order valence-corrected chi connectivity index (χ1v) is 11.2. The predicted molar refractivity (Wildman–Crippen MR) is 123 cm³/mol. The van der Waals surface area contributed by atoms with Crippen molar-refractivity contribution in [2.75, 3.05) is 0 Å². The van der Waals surface area contributed by atoms with Gasteiger partial charge in [0.15, 0.2) is 5.78 Å². The number of carbonyl (C=O) groups excluding carboxylic acids is 1. The summed E-state index contributed by atoms with van der Waals surface area (Å²) in [5.41, 5.74) is -0.980. The summed E-state index contributed by atoms with van der Waals surface area (Å²) in [4.78, 5) is 40.8. The summed E-state index contributed by atoms with van der Waals surface area (Å²) < 4.78 is 5.31. The van der Waals surface area contributed by atoms with Crippen molar-refractivity contribution in [3.63, 3.8) is 0 Å². The molecule has 1 unspecified atom stereocenters. The number of amides is 1. The molecular formula is C23H28N2O6S. The number of carbonyl (C=O) groups is 2. The second-order valence-corrected chi connectivity index (χ2v) is 8.59. The van der Waals surface area contributed by atoms with Crippen molar-refractivity contribution < 1.29 is 24.2 Å². The molecule has 0 aliphatic heterocycles. The molecule has 0 bridgehead atoms. The van der Waals surface area contributed by atoms with Crippen LogP contribution in [0.2, 0.25) is 0 Å². The van der Waals surface area contributed by atoms with E-state index in [4.69, 9.17) is 9.52 Å².